The number of likely N-dealkylation sites (N-methyl/N-ethyl adjacent to an activating group) is 1. The Balaban J connectivity index is 3.26. The molecule has 0 bridgehead atoms. The highest BCUT2D eigenvalue weighted by Crippen LogP contribution is 2.22. The Morgan fingerprint density at radius 2 is 2.17 bits per heavy atom. The summed E-state index contributed by atoms with van der Waals surface area (Å²) in [5.74, 6) is -1.16. The molecular weight excluding hydrogens is 256 g/mol. The van der Waals surface area contributed by atoms with E-state index in [2.05, 4.69) is 6.58 Å². The fraction of sp³-hybridized carbons (Fsp3) is 0.182. The van der Waals surface area contributed by atoms with Gasteiger partial charge in [-0.2, -0.15) is 4.31 Å². The topological polar surface area (TPSA) is 101 Å². The Labute approximate surface area is 105 Å². The summed E-state index contributed by atoms with van der Waals surface area (Å²) in [6.07, 6.45) is 1.44. The van der Waals surface area contributed by atoms with Gasteiger partial charge in [0.05, 0.1) is 11.3 Å². The first-order valence-corrected chi connectivity index (χ1v) is 6.44. The van der Waals surface area contributed by atoms with Crippen molar-refractivity contribution in [3.05, 3.63) is 36.4 Å². The van der Waals surface area contributed by atoms with Gasteiger partial charge in [0.15, 0.2) is 0 Å². The van der Waals surface area contributed by atoms with Crippen LogP contribution in [0.2, 0.25) is 0 Å². The minimum absolute atomic E-state index is 0.0576. The molecule has 0 aliphatic heterocycles. The zero-order valence-electron chi connectivity index (χ0n) is 9.83. The van der Waals surface area contributed by atoms with Gasteiger partial charge >= 0.3 is 5.97 Å². The first kappa shape index (κ1) is 14.2. The molecule has 0 amide bonds. The molecule has 0 saturated heterocycles. The van der Waals surface area contributed by atoms with Crippen molar-refractivity contribution in [2.45, 2.75) is 4.90 Å². The van der Waals surface area contributed by atoms with Gasteiger partial charge in [0.25, 0.3) is 0 Å². The summed E-state index contributed by atoms with van der Waals surface area (Å²) >= 11 is 0. The lowest BCUT2D eigenvalue weighted by molar-refractivity contribution is 0.0697. The Kier molecular flexibility index (Phi) is 4.10. The van der Waals surface area contributed by atoms with E-state index in [4.69, 9.17) is 10.8 Å². The summed E-state index contributed by atoms with van der Waals surface area (Å²) in [7, 11) is -2.34. The number of nitrogens with two attached hydrogens (primary N) is 1. The summed E-state index contributed by atoms with van der Waals surface area (Å²) in [4.78, 5) is 10.6. The molecule has 0 aliphatic carbocycles. The van der Waals surface area contributed by atoms with Crippen LogP contribution in [0.5, 0.6) is 0 Å². The van der Waals surface area contributed by atoms with Crippen LogP contribution in [0.1, 0.15) is 10.4 Å². The standard InChI is InChI=1S/C11H14N2O4S/c1-3-6-13(2)18(16,17)10-5-4-8(11(14)15)7-9(10)12/h3-5,7H,1,6,12H2,2H3,(H,14,15). The van der Waals surface area contributed by atoms with Crippen LogP contribution in [0.3, 0.4) is 0 Å². The molecule has 0 aliphatic rings. The molecular formula is C11H14N2O4S. The maximum absolute atomic E-state index is 12.1. The molecule has 18 heavy (non-hydrogen) atoms. The van der Waals surface area contributed by atoms with Gasteiger partial charge in [-0.25, -0.2) is 13.2 Å². The quantitative estimate of drug-likeness (QED) is 0.608. The van der Waals surface area contributed by atoms with Gasteiger partial charge < -0.3 is 10.8 Å². The highest BCUT2D eigenvalue weighted by molar-refractivity contribution is 7.89. The van der Waals surface area contributed by atoms with Crippen molar-refractivity contribution in [1.82, 2.24) is 4.31 Å². The van der Waals surface area contributed by atoms with E-state index in [1.165, 1.54) is 25.3 Å². The Morgan fingerprint density at radius 3 is 2.61 bits per heavy atom. The first-order chi connectivity index (χ1) is 8.30. The maximum atomic E-state index is 12.1. The second kappa shape index (κ2) is 5.19. The van der Waals surface area contributed by atoms with E-state index >= 15 is 0 Å². The van der Waals surface area contributed by atoms with Gasteiger partial charge in [0.2, 0.25) is 10.0 Å². The zero-order chi connectivity index (χ0) is 13.9. The summed E-state index contributed by atoms with van der Waals surface area (Å²) in [5, 5.41) is 8.77. The van der Waals surface area contributed by atoms with E-state index < -0.39 is 16.0 Å². The third-order valence-corrected chi connectivity index (χ3v) is 4.23. The molecule has 0 saturated carbocycles. The monoisotopic (exact) mass is 270 g/mol. The zero-order valence-corrected chi connectivity index (χ0v) is 10.6. The van der Waals surface area contributed by atoms with Crippen LogP contribution in [0, 0.1) is 0 Å². The second-order valence-corrected chi connectivity index (χ2v) is 5.65. The minimum atomic E-state index is -3.73. The molecule has 0 atom stereocenters. The van der Waals surface area contributed by atoms with Crippen LogP contribution in [0.15, 0.2) is 35.7 Å². The van der Waals surface area contributed by atoms with Crippen LogP contribution in [0.4, 0.5) is 5.69 Å². The van der Waals surface area contributed by atoms with Gasteiger partial charge in [-0.3, -0.25) is 0 Å². The number of hydrogen-bond acceptors (Lipinski definition) is 4. The molecule has 0 radical (unpaired) electrons. The second-order valence-electron chi connectivity index (χ2n) is 3.63. The molecule has 0 aromatic heterocycles. The van der Waals surface area contributed by atoms with Crippen molar-refractivity contribution >= 4 is 21.7 Å². The smallest absolute Gasteiger partial charge is 0.335 e. The van der Waals surface area contributed by atoms with E-state index in [1.54, 1.807) is 0 Å². The highest BCUT2D eigenvalue weighted by Gasteiger charge is 2.23. The first-order valence-electron chi connectivity index (χ1n) is 5.00. The van der Waals surface area contributed by atoms with Crippen molar-refractivity contribution in [2.24, 2.45) is 0 Å². The van der Waals surface area contributed by atoms with Crippen molar-refractivity contribution in [3.63, 3.8) is 0 Å². The number of hydrogen-bond donors (Lipinski definition) is 2. The SMILES string of the molecule is C=CCN(C)S(=O)(=O)c1ccc(C(=O)O)cc1N. The number of carbonyl (C=O) groups is 1. The number of carboxylic acid groups (broad SMARTS) is 1. The van der Waals surface area contributed by atoms with E-state index in [1.807, 2.05) is 0 Å². The number of anilines is 1. The lowest BCUT2D eigenvalue weighted by Crippen LogP contribution is -2.27. The number of benzene rings is 1. The Hall–Kier alpha value is -1.86. The summed E-state index contributed by atoms with van der Waals surface area (Å²) in [6.45, 7) is 3.59. The van der Waals surface area contributed by atoms with Crippen LogP contribution >= 0.6 is 0 Å². The molecule has 0 unspecified atom stereocenters. The third-order valence-electron chi connectivity index (χ3n) is 2.33. The molecule has 0 spiro atoms. The van der Waals surface area contributed by atoms with E-state index in [0.717, 1.165) is 10.4 Å². The number of nitrogen functional groups attached to an aromatic ring is 1. The number of carboxylic acids is 1. The predicted molar refractivity (Wildman–Crippen MR) is 67.8 cm³/mol. The fourth-order valence-electron chi connectivity index (χ4n) is 1.36. The Morgan fingerprint density at radius 1 is 1.56 bits per heavy atom. The highest BCUT2D eigenvalue weighted by atomic mass is 32.2. The molecule has 6 nitrogen and oxygen atoms in total. The van der Waals surface area contributed by atoms with Crippen molar-refractivity contribution < 1.29 is 18.3 Å². The van der Waals surface area contributed by atoms with E-state index in [9.17, 15) is 13.2 Å². The van der Waals surface area contributed by atoms with Crippen LogP contribution in [-0.2, 0) is 10.0 Å². The molecule has 1 aromatic rings. The minimum Gasteiger partial charge on any atom is -0.478 e. The fourth-order valence-corrected chi connectivity index (χ4v) is 2.60. The van der Waals surface area contributed by atoms with E-state index in [-0.39, 0.29) is 22.7 Å². The number of aromatic carboxylic acids is 1. The normalized spacial score (nSPS) is 11.4. The molecule has 7 heteroatoms. The molecule has 0 heterocycles. The third kappa shape index (κ3) is 2.69. The molecule has 0 fully saturated rings. The maximum Gasteiger partial charge on any atom is 0.335 e. The lowest BCUT2D eigenvalue weighted by atomic mass is 10.2. The number of nitrogens with zero attached hydrogens (tertiary/aromatic N) is 1. The summed E-state index contributed by atoms with van der Waals surface area (Å²) in [6, 6.07) is 3.51. The van der Waals surface area contributed by atoms with Gasteiger partial charge in [-0.15, -0.1) is 6.58 Å². The molecule has 98 valence electrons. The Bertz CT molecular complexity index is 581. The van der Waals surface area contributed by atoms with Crippen LogP contribution < -0.4 is 5.73 Å². The van der Waals surface area contributed by atoms with Crippen molar-refractivity contribution in [3.8, 4) is 0 Å². The largest absolute Gasteiger partial charge is 0.478 e. The average molecular weight is 270 g/mol. The summed E-state index contributed by atoms with van der Waals surface area (Å²) < 4.78 is 25.2. The molecule has 1 rings (SSSR count). The van der Waals surface area contributed by atoms with Crippen LogP contribution in [-0.4, -0.2) is 37.4 Å². The number of rotatable bonds is 5. The predicted octanol–water partition coefficient (Wildman–Crippen LogP) is 0.774. The molecule has 1 aromatic carbocycles. The van der Waals surface area contributed by atoms with Crippen molar-refractivity contribution in [1.29, 1.82) is 0 Å². The van der Waals surface area contributed by atoms with Crippen LogP contribution in [0.25, 0.3) is 0 Å². The number of sulfonamides is 1. The van der Waals surface area contributed by atoms with Gasteiger partial charge in [-0.05, 0) is 18.2 Å². The summed E-state index contributed by atoms with van der Waals surface area (Å²) in [5.41, 5.74) is 5.43. The molecule has 3 N–H and O–H groups in total. The van der Waals surface area contributed by atoms with Gasteiger partial charge in [-0.1, -0.05) is 6.08 Å². The lowest BCUT2D eigenvalue weighted by Gasteiger charge is -2.16. The van der Waals surface area contributed by atoms with E-state index in [0.29, 0.717) is 0 Å². The van der Waals surface area contributed by atoms with Gasteiger partial charge in [0, 0.05) is 13.6 Å². The average Bonchev–Trinajstić information content (AvgIpc) is 2.28. The van der Waals surface area contributed by atoms with Gasteiger partial charge in [0.1, 0.15) is 4.90 Å². The van der Waals surface area contributed by atoms with Crippen molar-refractivity contribution in [2.75, 3.05) is 19.3 Å².